The van der Waals surface area contributed by atoms with Crippen LogP contribution < -0.4 is 0 Å². The number of carbonyl (C=O) groups excluding carboxylic acids is 1. The van der Waals surface area contributed by atoms with E-state index in [1.807, 2.05) is 0 Å². The normalized spacial score (nSPS) is 22.1. The van der Waals surface area contributed by atoms with Gasteiger partial charge >= 0.3 is 0 Å². The van der Waals surface area contributed by atoms with Crippen LogP contribution in [-0.2, 0) is 4.79 Å². The summed E-state index contributed by atoms with van der Waals surface area (Å²) in [7, 11) is 0. The second kappa shape index (κ2) is 4.12. The van der Waals surface area contributed by atoms with Gasteiger partial charge in [-0.05, 0) is 43.3 Å². The van der Waals surface area contributed by atoms with Crippen LogP contribution in [0, 0.1) is 0 Å². The van der Waals surface area contributed by atoms with Gasteiger partial charge in [0.1, 0.15) is 0 Å². The smallest absolute Gasteiger partial charge is 0.159 e. The van der Waals surface area contributed by atoms with Crippen molar-refractivity contribution in [2.24, 2.45) is 0 Å². The summed E-state index contributed by atoms with van der Waals surface area (Å²) in [6.45, 7) is 2.22. The molecular formula is C13H18O. The van der Waals surface area contributed by atoms with E-state index in [0.29, 0.717) is 5.78 Å². The summed E-state index contributed by atoms with van der Waals surface area (Å²) in [4.78, 5) is 11.5. The Balaban J connectivity index is 2.22. The van der Waals surface area contributed by atoms with E-state index >= 15 is 0 Å². The van der Waals surface area contributed by atoms with Gasteiger partial charge in [0.15, 0.2) is 5.78 Å². The molecule has 0 aromatic heterocycles. The fourth-order valence-corrected chi connectivity index (χ4v) is 2.52. The summed E-state index contributed by atoms with van der Waals surface area (Å²) < 4.78 is 0. The minimum absolute atomic E-state index is 0.411. The molecule has 0 saturated heterocycles. The fraction of sp³-hybridized carbons (Fsp3) is 0.615. The Labute approximate surface area is 85.9 Å². The molecule has 1 heteroatoms. The van der Waals surface area contributed by atoms with Crippen LogP contribution in [0.2, 0.25) is 0 Å². The Morgan fingerprint density at radius 1 is 1.21 bits per heavy atom. The van der Waals surface area contributed by atoms with Crippen molar-refractivity contribution in [1.82, 2.24) is 0 Å². The first-order chi connectivity index (χ1) is 6.81. The monoisotopic (exact) mass is 190 g/mol. The minimum Gasteiger partial charge on any atom is -0.295 e. The van der Waals surface area contributed by atoms with Crippen LogP contribution in [0.15, 0.2) is 22.8 Å². The molecule has 2 aliphatic carbocycles. The Kier molecular flexibility index (Phi) is 2.85. The van der Waals surface area contributed by atoms with Crippen molar-refractivity contribution >= 4 is 5.78 Å². The van der Waals surface area contributed by atoms with E-state index in [-0.39, 0.29) is 0 Å². The second-order valence-electron chi connectivity index (χ2n) is 4.33. The quantitative estimate of drug-likeness (QED) is 0.650. The maximum absolute atomic E-state index is 11.5. The van der Waals surface area contributed by atoms with E-state index in [0.717, 1.165) is 24.8 Å². The summed E-state index contributed by atoms with van der Waals surface area (Å²) >= 11 is 0. The average Bonchev–Trinajstić information content (AvgIpc) is 2.41. The largest absolute Gasteiger partial charge is 0.295 e. The molecule has 14 heavy (non-hydrogen) atoms. The van der Waals surface area contributed by atoms with E-state index < -0.39 is 0 Å². The SMILES string of the molecule is CCCC1=CC2=C(CCC1)C(=O)CC2. The number of carbonyl (C=O) groups is 1. The molecule has 0 N–H and O–H groups in total. The van der Waals surface area contributed by atoms with Gasteiger partial charge in [-0.2, -0.15) is 0 Å². The summed E-state index contributed by atoms with van der Waals surface area (Å²) in [6, 6.07) is 0. The Morgan fingerprint density at radius 2 is 2.07 bits per heavy atom. The van der Waals surface area contributed by atoms with Crippen LogP contribution in [0.5, 0.6) is 0 Å². The molecule has 76 valence electrons. The first kappa shape index (κ1) is 9.70. The molecule has 0 amide bonds. The van der Waals surface area contributed by atoms with E-state index in [2.05, 4.69) is 13.0 Å². The molecule has 0 heterocycles. The fourth-order valence-electron chi connectivity index (χ4n) is 2.52. The van der Waals surface area contributed by atoms with Gasteiger partial charge in [-0.3, -0.25) is 4.79 Å². The molecule has 0 bridgehead atoms. The molecule has 0 fully saturated rings. The molecule has 0 aliphatic heterocycles. The lowest BCUT2D eigenvalue weighted by atomic mass is 10.0. The van der Waals surface area contributed by atoms with Crippen LogP contribution in [0.25, 0.3) is 0 Å². The predicted molar refractivity (Wildman–Crippen MR) is 58.1 cm³/mol. The van der Waals surface area contributed by atoms with Gasteiger partial charge in [-0.25, -0.2) is 0 Å². The summed E-state index contributed by atoms with van der Waals surface area (Å²) in [5.74, 6) is 0.411. The Hall–Kier alpha value is -0.850. The Morgan fingerprint density at radius 3 is 2.86 bits per heavy atom. The molecule has 0 aromatic carbocycles. The van der Waals surface area contributed by atoms with Crippen LogP contribution in [-0.4, -0.2) is 5.78 Å². The number of hydrogen-bond acceptors (Lipinski definition) is 1. The highest BCUT2D eigenvalue weighted by atomic mass is 16.1. The molecule has 0 radical (unpaired) electrons. The van der Waals surface area contributed by atoms with Crippen LogP contribution in [0.3, 0.4) is 0 Å². The molecular weight excluding hydrogens is 172 g/mol. The molecule has 2 rings (SSSR count). The van der Waals surface area contributed by atoms with E-state index in [1.54, 1.807) is 5.57 Å². The minimum atomic E-state index is 0.411. The van der Waals surface area contributed by atoms with Crippen LogP contribution in [0.1, 0.15) is 51.9 Å². The van der Waals surface area contributed by atoms with Gasteiger partial charge in [0.2, 0.25) is 0 Å². The van der Waals surface area contributed by atoms with Gasteiger partial charge in [-0.15, -0.1) is 0 Å². The lowest BCUT2D eigenvalue weighted by Gasteiger charge is -2.03. The van der Waals surface area contributed by atoms with Crippen LogP contribution in [0.4, 0.5) is 0 Å². The first-order valence-electron chi connectivity index (χ1n) is 5.76. The maximum atomic E-state index is 11.5. The molecule has 1 nitrogen and oxygen atoms in total. The zero-order valence-corrected chi connectivity index (χ0v) is 8.94. The lowest BCUT2D eigenvalue weighted by Crippen LogP contribution is -1.95. The van der Waals surface area contributed by atoms with Crippen molar-refractivity contribution in [3.63, 3.8) is 0 Å². The number of ketones is 1. The van der Waals surface area contributed by atoms with Gasteiger partial charge in [0.05, 0.1) is 0 Å². The van der Waals surface area contributed by atoms with Crippen molar-refractivity contribution in [1.29, 1.82) is 0 Å². The highest BCUT2D eigenvalue weighted by molar-refractivity contribution is 5.99. The lowest BCUT2D eigenvalue weighted by molar-refractivity contribution is -0.115. The summed E-state index contributed by atoms with van der Waals surface area (Å²) in [5, 5.41) is 0. The number of allylic oxidation sites excluding steroid dienone is 4. The van der Waals surface area contributed by atoms with Gasteiger partial charge in [0.25, 0.3) is 0 Å². The van der Waals surface area contributed by atoms with Crippen molar-refractivity contribution in [3.8, 4) is 0 Å². The second-order valence-corrected chi connectivity index (χ2v) is 4.33. The first-order valence-corrected chi connectivity index (χ1v) is 5.76. The zero-order chi connectivity index (χ0) is 9.97. The van der Waals surface area contributed by atoms with Crippen molar-refractivity contribution in [3.05, 3.63) is 22.8 Å². The average molecular weight is 190 g/mol. The third kappa shape index (κ3) is 1.82. The molecule has 0 atom stereocenters. The third-order valence-corrected chi connectivity index (χ3v) is 3.22. The molecule has 2 aliphatic rings. The van der Waals surface area contributed by atoms with Gasteiger partial charge in [0, 0.05) is 6.42 Å². The number of hydrogen-bond donors (Lipinski definition) is 0. The van der Waals surface area contributed by atoms with Crippen molar-refractivity contribution in [2.75, 3.05) is 0 Å². The highest BCUT2D eigenvalue weighted by Gasteiger charge is 2.23. The summed E-state index contributed by atoms with van der Waals surface area (Å²) in [6.07, 6.45) is 9.93. The third-order valence-electron chi connectivity index (χ3n) is 3.22. The maximum Gasteiger partial charge on any atom is 0.159 e. The molecule has 0 saturated carbocycles. The molecule has 0 spiro atoms. The van der Waals surface area contributed by atoms with Crippen molar-refractivity contribution < 1.29 is 4.79 Å². The van der Waals surface area contributed by atoms with Crippen molar-refractivity contribution in [2.45, 2.75) is 51.9 Å². The zero-order valence-electron chi connectivity index (χ0n) is 8.94. The van der Waals surface area contributed by atoms with E-state index in [1.165, 1.54) is 31.3 Å². The van der Waals surface area contributed by atoms with E-state index in [9.17, 15) is 4.79 Å². The highest BCUT2D eigenvalue weighted by Crippen LogP contribution is 2.33. The van der Waals surface area contributed by atoms with E-state index in [4.69, 9.17) is 0 Å². The standard InChI is InChI=1S/C13H18O/c1-2-4-10-5-3-6-12-11(9-10)7-8-13(12)14/h9H,2-8H2,1H3. The number of rotatable bonds is 2. The predicted octanol–water partition coefficient (Wildman–Crippen LogP) is 3.56. The van der Waals surface area contributed by atoms with Gasteiger partial charge < -0.3 is 0 Å². The topological polar surface area (TPSA) is 17.1 Å². The summed E-state index contributed by atoms with van der Waals surface area (Å²) in [5.41, 5.74) is 4.07. The number of Topliss-reactive ketones (excluding diaryl/α,β-unsaturated/α-hetero) is 1. The van der Waals surface area contributed by atoms with Gasteiger partial charge in [-0.1, -0.05) is 25.0 Å². The molecule has 0 unspecified atom stereocenters. The van der Waals surface area contributed by atoms with Crippen LogP contribution >= 0.6 is 0 Å². The molecule has 0 aromatic rings. The Bertz CT molecular complexity index is 303.